The molecule has 0 N–H and O–H groups in total. The van der Waals surface area contributed by atoms with Gasteiger partial charge < -0.3 is 9.47 Å². The standard InChI is InChI=1S/C14H20O2S/c1-11(2)9-10-17-13-7-5-12(6-8-13)14(15-3)16-4/h5-9,14H,10H2,1-4H3. The summed E-state index contributed by atoms with van der Waals surface area (Å²) in [6.45, 7) is 4.23. The number of ether oxygens (including phenoxy) is 2. The van der Waals surface area contributed by atoms with Gasteiger partial charge in [-0.25, -0.2) is 0 Å². The zero-order valence-electron chi connectivity index (χ0n) is 10.9. The first-order valence-electron chi connectivity index (χ1n) is 5.59. The number of benzene rings is 1. The van der Waals surface area contributed by atoms with Crippen molar-refractivity contribution >= 4 is 11.8 Å². The number of rotatable bonds is 6. The maximum Gasteiger partial charge on any atom is 0.183 e. The van der Waals surface area contributed by atoms with Crippen LogP contribution < -0.4 is 0 Å². The molecule has 0 amide bonds. The predicted octanol–water partition coefficient (Wildman–Crippen LogP) is 4.04. The van der Waals surface area contributed by atoms with Crippen molar-refractivity contribution in [3.05, 3.63) is 41.5 Å². The van der Waals surface area contributed by atoms with Crippen LogP contribution in [-0.4, -0.2) is 20.0 Å². The van der Waals surface area contributed by atoms with Gasteiger partial charge in [0.2, 0.25) is 0 Å². The molecule has 1 aromatic rings. The van der Waals surface area contributed by atoms with Crippen LogP contribution in [0.4, 0.5) is 0 Å². The van der Waals surface area contributed by atoms with Crippen LogP contribution in [0.25, 0.3) is 0 Å². The number of hydrogen-bond donors (Lipinski definition) is 0. The van der Waals surface area contributed by atoms with Gasteiger partial charge in [-0.05, 0) is 26.0 Å². The first-order valence-corrected chi connectivity index (χ1v) is 6.57. The average Bonchev–Trinajstić information content (AvgIpc) is 2.32. The molecule has 0 saturated heterocycles. The largest absolute Gasteiger partial charge is 0.352 e. The second-order valence-electron chi connectivity index (χ2n) is 3.96. The molecule has 3 heteroatoms. The molecule has 0 radical (unpaired) electrons. The molecule has 0 fully saturated rings. The number of hydrogen-bond acceptors (Lipinski definition) is 3. The molecule has 94 valence electrons. The lowest BCUT2D eigenvalue weighted by molar-refractivity contribution is -0.106. The first-order chi connectivity index (χ1) is 8.17. The van der Waals surface area contributed by atoms with Crippen molar-refractivity contribution in [1.82, 2.24) is 0 Å². The third kappa shape index (κ3) is 4.94. The Morgan fingerprint density at radius 2 is 1.76 bits per heavy atom. The lowest BCUT2D eigenvalue weighted by atomic mass is 10.2. The van der Waals surface area contributed by atoms with Gasteiger partial charge in [0.15, 0.2) is 6.29 Å². The number of allylic oxidation sites excluding steroid dienone is 1. The van der Waals surface area contributed by atoms with E-state index in [9.17, 15) is 0 Å². The minimum atomic E-state index is -0.271. The molecule has 0 aliphatic heterocycles. The van der Waals surface area contributed by atoms with Gasteiger partial charge in [-0.1, -0.05) is 23.8 Å². The minimum Gasteiger partial charge on any atom is -0.352 e. The monoisotopic (exact) mass is 252 g/mol. The van der Waals surface area contributed by atoms with E-state index in [1.807, 2.05) is 23.9 Å². The molecule has 1 aromatic carbocycles. The second kappa shape index (κ2) is 7.54. The molecule has 0 aliphatic carbocycles. The maximum absolute atomic E-state index is 5.20. The molecule has 17 heavy (non-hydrogen) atoms. The SMILES string of the molecule is COC(OC)c1ccc(SCC=C(C)C)cc1. The summed E-state index contributed by atoms with van der Waals surface area (Å²) in [4.78, 5) is 1.26. The zero-order valence-corrected chi connectivity index (χ0v) is 11.7. The third-order valence-electron chi connectivity index (χ3n) is 2.32. The van der Waals surface area contributed by atoms with Gasteiger partial charge in [-0.2, -0.15) is 0 Å². The van der Waals surface area contributed by atoms with Crippen molar-refractivity contribution in [2.24, 2.45) is 0 Å². The molecule has 0 spiro atoms. The van der Waals surface area contributed by atoms with Gasteiger partial charge >= 0.3 is 0 Å². The third-order valence-corrected chi connectivity index (χ3v) is 3.26. The van der Waals surface area contributed by atoms with E-state index < -0.39 is 0 Å². The topological polar surface area (TPSA) is 18.5 Å². The zero-order chi connectivity index (χ0) is 12.7. The van der Waals surface area contributed by atoms with Crippen molar-refractivity contribution in [3.63, 3.8) is 0 Å². The lowest BCUT2D eigenvalue weighted by Crippen LogP contribution is -2.02. The Morgan fingerprint density at radius 1 is 1.18 bits per heavy atom. The fourth-order valence-corrected chi connectivity index (χ4v) is 2.33. The Labute approximate surface area is 108 Å². The van der Waals surface area contributed by atoms with Gasteiger partial charge in [0.1, 0.15) is 0 Å². The molecule has 0 aliphatic rings. The van der Waals surface area contributed by atoms with Gasteiger partial charge in [0.25, 0.3) is 0 Å². The molecular formula is C14H20O2S. The van der Waals surface area contributed by atoms with E-state index in [1.54, 1.807) is 14.2 Å². The maximum atomic E-state index is 5.20. The summed E-state index contributed by atoms with van der Waals surface area (Å²) in [5, 5.41) is 0. The van der Waals surface area contributed by atoms with Crippen molar-refractivity contribution in [1.29, 1.82) is 0 Å². The summed E-state index contributed by atoms with van der Waals surface area (Å²) in [5.74, 6) is 1.01. The Balaban J connectivity index is 2.58. The van der Waals surface area contributed by atoms with Crippen molar-refractivity contribution in [3.8, 4) is 0 Å². The molecule has 2 nitrogen and oxygen atoms in total. The summed E-state index contributed by atoms with van der Waals surface area (Å²) in [6.07, 6.45) is 1.96. The van der Waals surface area contributed by atoms with Gasteiger partial charge in [-0.15, -0.1) is 11.8 Å². The van der Waals surface area contributed by atoms with Crippen LogP contribution >= 0.6 is 11.8 Å². The molecule has 0 heterocycles. The summed E-state index contributed by atoms with van der Waals surface area (Å²) < 4.78 is 10.4. The van der Waals surface area contributed by atoms with E-state index >= 15 is 0 Å². The van der Waals surface area contributed by atoms with Crippen LogP contribution in [0.5, 0.6) is 0 Å². The summed E-state index contributed by atoms with van der Waals surface area (Å²) in [6, 6.07) is 8.29. The van der Waals surface area contributed by atoms with E-state index in [2.05, 4.69) is 32.1 Å². The van der Waals surface area contributed by atoms with Crippen LogP contribution in [0.2, 0.25) is 0 Å². The van der Waals surface area contributed by atoms with Gasteiger partial charge in [0.05, 0.1) is 0 Å². The van der Waals surface area contributed by atoms with Crippen LogP contribution in [0.15, 0.2) is 40.8 Å². The van der Waals surface area contributed by atoms with E-state index in [-0.39, 0.29) is 6.29 Å². The van der Waals surface area contributed by atoms with Gasteiger partial charge in [0, 0.05) is 30.4 Å². The highest BCUT2D eigenvalue weighted by Gasteiger charge is 2.07. The predicted molar refractivity (Wildman–Crippen MR) is 73.4 cm³/mol. The Bertz CT molecular complexity index is 349. The Hall–Kier alpha value is -0.770. The molecule has 0 aromatic heterocycles. The highest BCUT2D eigenvalue weighted by atomic mass is 32.2. The van der Waals surface area contributed by atoms with E-state index in [1.165, 1.54) is 10.5 Å². The fourth-order valence-electron chi connectivity index (χ4n) is 1.39. The first kappa shape index (κ1) is 14.3. The molecule has 0 saturated carbocycles. The van der Waals surface area contributed by atoms with Gasteiger partial charge in [-0.3, -0.25) is 0 Å². The Kier molecular flexibility index (Phi) is 6.34. The summed E-state index contributed by atoms with van der Waals surface area (Å²) in [5.41, 5.74) is 2.40. The highest BCUT2D eigenvalue weighted by molar-refractivity contribution is 7.99. The van der Waals surface area contributed by atoms with E-state index in [0.717, 1.165) is 11.3 Å². The summed E-state index contributed by atoms with van der Waals surface area (Å²) in [7, 11) is 3.29. The summed E-state index contributed by atoms with van der Waals surface area (Å²) >= 11 is 1.83. The minimum absolute atomic E-state index is 0.271. The smallest absolute Gasteiger partial charge is 0.183 e. The van der Waals surface area contributed by atoms with Crippen LogP contribution in [-0.2, 0) is 9.47 Å². The van der Waals surface area contributed by atoms with Crippen molar-refractivity contribution in [2.75, 3.05) is 20.0 Å². The average molecular weight is 252 g/mol. The molecule has 0 bridgehead atoms. The molecule has 0 unspecified atom stereocenters. The number of methoxy groups -OCH3 is 2. The van der Waals surface area contributed by atoms with Crippen molar-refractivity contribution < 1.29 is 9.47 Å². The highest BCUT2D eigenvalue weighted by Crippen LogP contribution is 2.23. The van der Waals surface area contributed by atoms with E-state index in [0.29, 0.717) is 0 Å². The lowest BCUT2D eigenvalue weighted by Gasteiger charge is -2.13. The second-order valence-corrected chi connectivity index (χ2v) is 5.06. The fraction of sp³-hybridized carbons (Fsp3) is 0.429. The van der Waals surface area contributed by atoms with Crippen LogP contribution in [0.3, 0.4) is 0 Å². The normalized spacial score (nSPS) is 10.6. The Morgan fingerprint density at radius 3 is 2.24 bits per heavy atom. The van der Waals surface area contributed by atoms with E-state index in [4.69, 9.17) is 9.47 Å². The number of thioether (sulfide) groups is 1. The van der Waals surface area contributed by atoms with Crippen molar-refractivity contribution in [2.45, 2.75) is 25.0 Å². The van der Waals surface area contributed by atoms with Crippen LogP contribution in [0.1, 0.15) is 25.7 Å². The quantitative estimate of drug-likeness (QED) is 0.432. The van der Waals surface area contributed by atoms with Crippen LogP contribution in [0, 0.1) is 0 Å². The molecular weight excluding hydrogens is 232 g/mol. The molecule has 0 atom stereocenters. The molecule has 1 rings (SSSR count).